The lowest BCUT2D eigenvalue weighted by atomic mass is 9.60. The van der Waals surface area contributed by atoms with Crippen molar-refractivity contribution in [3.63, 3.8) is 0 Å². The fourth-order valence-corrected chi connectivity index (χ4v) is 6.62. The predicted molar refractivity (Wildman–Crippen MR) is 144 cm³/mol. The number of hydrogen-bond acceptors (Lipinski definition) is 1. The summed E-state index contributed by atoms with van der Waals surface area (Å²) in [5.74, 6) is 3.40. The monoisotopic (exact) mass is 444 g/mol. The van der Waals surface area contributed by atoms with Gasteiger partial charge < -0.3 is 5.11 Å². The zero-order valence-electron chi connectivity index (χ0n) is 23.0. The van der Waals surface area contributed by atoms with Crippen molar-refractivity contribution in [1.82, 2.24) is 0 Å². The molecule has 32 heavy (non-hydrogen) atoms. The smallest absolute Gasteiger partial charge is 0.0784 e. The van der Waals surface area contributed by atoms with Gasteiger partial charge in [-0.05, 0) is 86.0 Å². The van der Waals surface area contributed by atoms with Gasteiger partial charge in [0, 0.05) is 0 Å². The lowest BCUT2D eigenvalue weighted by Crippen LogP contribution is -2.36. The van der Waals surface area contributed by atoms with Crippen molar-refractivity contribution in [2.24, 2.45) is 29.1 Å². The molecule has 5 atom stereocenters. The Balaban J connectivity index is 0.00000121. The van der Waals surface area contributed by atoms with E-state index in [0.717, 1.165) is 48.5 Å². The summed E-state index contributed by atoms with van der Waals surface area (Å²) in [5.41, 5.74) is 4.65. The first-order valence-corrected chi connectivity index (χ1v) is 14.1. The van der Waals surface area contributed by atoms with Gasteiger partial charge in [0.25, 0.3) is 0 Å². The zero-order chi connectivity index (χ0) is 24.3. The molecule has 3 aliphatic carbocycles. The molecule has 186 valence electrons. The molecule has 0 heterocycles. The Morgan fingerprint density at radius 2 is 1.69 bits per heavy atom. The van der Waals surface area contributed by atoms with E-state index in [2.05, 4.69) is 46.4 Å². The molecule has 3 rings (SSSR count). The van der Waals surface area contributed by atoms with Gasteiger partial charge in [-0.15, -0.1) is 0 Å². The van der Waals surface area contributed by atoms with Gasteiger partial charge in [0.1, 0.15) is 0 Å². The van der Waals surface area contributed by atoms with Gasteiger partial charge in [-0.25, -0.2) is 0 Å². The summed E-state index contributed by atoms with van der Waals surface area (Å²) in [7, 11) is 0. The Bertz CT molecular complexity index is 610. The molecule has 1 heteroatoms. The van der Waals surface area contributed by atoms with Crippen molar-refractivity contribution in [3.8, 4) is 0 Å². The first-order valence-electron chi connectivity index (χ1n) is 14.1. The van der Waals surface area contributed by atoms with E-state index in [1.165, 1.54) is 56.9 Å². The summed E-state index contributed by atoms with van der Waals surface area (Å²) >= 11 is 0. The molecule has 0 bridgehead atoms. The van der Waals surface area contributed by atoms with Crippen LogP contribution < -0.4 is 0 Å². The molecule has 3 aliphatic rings. The lowest BCUT2D eigenvalue weighted by Gasteiger charge is -2.44. The first-order chi connectivity index (χ1) is 15.3. The first kappa shape index (κ1) is 29.2. The van der Waals surface area contributed by atoms with E-state index in [-0.39, 0.29) is 6.10 Å². The number of allylic oxidation sites excluding steroid dienone is 3. The number of aliphatic hydroxyl groups excluding tert-OH is 1. The van der Waals surface area contributed by atoms with E-state index < -0.39 is 0 Å². The summed E-state index contributed by atoms with van der Waals surface area (Å²) in [4.78, 5) is 0. The molecule has 3 fully saturated rings. The largest absolute Gasteiger partial charge is 0.388 e. The molecule has 0 amide bonds. The van der Waals surface area contributed by atoms with Crippen LogP contribution in [0.1, 0.15) is 126 Å². The summed E-state index contributed by atoms with van der Waals surface area (Å²) < 4.78 is 0. The molecular weight excluding hydrogens is 388 g/mol. The van der Waals surface area contributed by atoms with Crippen LogP contribution in [-0.4, -0.2) is 11.2 Å². The van der Waals surface area contributed by atoms with E-state index in [1.807, 2.05) is 27.7 Å². The van der Waals surface area contributed by atoms with Gasteiger partial charge >= 0.3 is 0 Å². The third kappa shape index (κ3) is 7.61. The summed E-state index contributed by atoms with van der Waals surface area (Å²) in [6.07, 6.45) is 18.4. The van der Waals surface area contributed by atoms with E-state index in [0.29, 0.717) is 5.41 Å². The fraction of sp³-hybridized carbons (Fsp3) is 0.806. The molecule has 0 radical (unpaired) electrons. The Kier molecular flexibility index (Phi) is 13.2. The minimum absolute atomic E-state index is 0.322. The van der Waals surface area contributed by atoms with Crippen molar-refractivity contribution >= 4 is 0 Å². The third-order valence-electron chi connectivity index (χ3n) is 8.39. The van der Waals surface area contributed by atoms with Crippen molar-refractivity contribution in [2.45, 2.75) is 132 Å². The zero-order valence-corrected chi connectivity index (χ0v) is 23.0. The predicted octanol–water partition coefficient (Wildman–Crippen LogP) is 9.67. The maximum atomic E-state index is 10.1. The summed E-state index contributed by atoms with van der Waals surface area (Å²) in [6.45, 7) is 21.9. The van der Waals surface area contributed by atoms with Crippen molar-refractivity contribution in [2.75, 3.05) is 0 Å². The highest BCUT2D eigenvalue weighted by molar-refractivity contribution is 5.28. The minimum atomic E-state index is -0.322. The van der Waals surface area contributed by atoms with Crippen molar-refractivity contribution in [3.05, 3.63) is 35.5 Å². The fourth-order valence-electron chi connectivity index (χ4n) is 6.62. The van der Waals surface area contributed by atoms with Gasteiger partial charge in [0.2, 0.25) is 0 Å². The second-order valence-electron chi connectivity index (χ2n) is 10.8. The van der Waals surface area contributed by atoms with Crippen LogP contribution in [-0.2, 0) is 0 Å². The van der Waals surface area contributed by atoms with Gasteiger partial charge in [-0.3, -0.25) is 0 Å². The molecule has 0 aromatic rings. The molecule has 0 aliphatic heterocycles. The van der Waals surface area contributed by atoms with Crippen LogP contribution in [0.15, 0.2) is 35.5 Å². The molecule has 0 aromatic heterocycles. The van der Waals surface area contributed by atoms with Crippen LogP contribution in [0.2, 0.25) is 0 Å². The Hall–Kier alpha value is -0.820. The third-order valence-corrected chi connectivity index (χ3v) is 8.39. The maximum Gasteiger partial charge on any atom is 0.0784 e. The van der Waals surface area contributed by atoms with Crippen LogP contribution in [0, 0.1) is 29.1 Å². The Morgan fingerprint density at radius 1 is 1.00 bits per heavy atom. The summed E-state index contributed by atoms with van der Waals surface area (Å²) in [5, 5.41) is 10.1. The Morgan fingerprint density at radius 3 is 2.31 bits per heavy atom. The standard InChI is InChI=1S/C27H44O.2C2H6/c1-19(2)8-6-9-20(3)24-15-16-25-23(10-7-17-27(24,25)5)14-13-22-12-11-21(4)26(28)18-22;2*1-2/h13-14,19-20,24-26,28H,4,6-12,15-18H2,1-3,5H3;2*1-2H3/b22-13-,23-14+;;/t20-,24?,25?,26?,27?;;/m1../s1. The number of aliphatic hydroxyl groups is 1. The molecule has 0 aromatic carbocycles. The second-order valence-corrected chi connectivity index (χ2v) is 10.8. The molecule has 0 saturated heterocycles. The number of hydrogen-bond donors (Lipinski definition) is 1. The summed E-state index contributed by atoms with van der Waals surface area (Å²) in [6, 6.07) is 0. The quantitative estimate of drug-likeness (QED) is 0.404. The average Bonchev–Trinajstić information content (AvgIpc) is 3.14. The van der Waals surface area contributed by atoms with E-state index in [4.69, 9.17) is 0 Å². The van der Waals surface area contributed by atoms with E-state index in [1.54, 1.807) is 5.57 Å². The molecule has 1 nitrogen and oxygen atoms in total. The van der Waals surface area contributed by atoms with Crippen LogP contribution in [0.4, 0.5) is 0 Å². The van der Waals surface area contributed by atoms with Crippen LogP contribution in [0.25, 0.3) is 0 Å². The van der Waals surface area contributed by atoms with Crippen LogP contribution >= 0.6 is 0 Å². The maximum absolute atomic E-state index is 10.1. The van der Waals surface area contributed by atoms with E-state index >= 15 is 0 Å². The van der Waals surface area contributed by atoms with Crippen LogP contribution in [0.3, 0.4) is 0 Å². The minimum Gasteiger partial charge on any atom is -0.388 e. The van der Waals surface area contributed by atoms with E-state index in [9.17, 15) is 5.11 Å². The molecule has 4 unspecified atom stereocenters. The van der Waals surface area contributed by atoms with Gasteiger partial charge in [0.05, 0.1) is 6.10 Å². The normalized spacial score (nSPS) is 33.3. The topological polar surface area (TPSA) is 20.2 Å². The van der Waals surface area contributed by atoms with Gasteiger partial charge in [0.15, 0.2) is 0 Å². The number of fused-ring (bicyclic) bond motifs is 1. The van der Waals surface area contributed by atoms with Crippen molar-refractivity contribution < 1.29 is 5.11 Å². The highest BCUT2D eigenvalue weighted by Gasteiger charge is 2.50. The molecule has 1 N–H and O–H groups in total. The molecule has 3 saturated carbocycles. The molecular formula is C31H56O. The number of rotatable bonds is 6. The van der Waals surface area contributed by atoms with Gasteiger partial charge in [-0.1, -0.05) is 105 Å². The van der Waals surface area contributed by atoms with Crippen molar-refractivity contribution in [1.29, 1.82) is 0 Å². The van der Waals surface area contributed by atoms with Crippen LogP contribution in [0.5, 0.6) is 0 Å². The van der Waals surface area contributed by atoms with Gasteiger partial charge in [-0.2, -0.15) is 0 Å². The Labute approximate surface area is 201 Å². The average molecular weight is 445 g/mol. The second kappa shape index (κ2) is 14.4. The molecule has 0 spiro atoms. The highest BCUT2D eigenvalue weighted by Crippen LogP contribution is 2.59. The highest BCUT2D eigenvalue weighted by atomic mass is 16.3. The lowest BCUT2D eigenvalue weighted by molar-refractivity contribution is 0.0929. The SMILES string of the molecule is C=C1CC/C(=C/C=C2\CCCC3(C)C2CCC3[C@H](C)CCCC(C)C)CC1O.CC.CC.